The van der Waals surface area contributed by atoms with E-state index >= 15 is 0 Å². The van der Waals surface area contributed by atoms with Crippen LogP contribution in [0, 0.1) is 4.77 Å². The summed E-state index contributed by atoms with van der Waals surface area (Å²) in [5.41, 5.74) is 1.86. The fourth-order valence-electron chi connectivity index (χ4n) is 3.97. The largest absolute Gasteiger partial charge is 0.350 e. The molecule has 3 aromatic rings. The molecule has 1 aliphatic rings. The summed E-state index contributed by atoms with van der Waals surface area (Å²) in [5.74, 6) is -0.201. The van der Waals surface area contributed by atoms with Gasteiger partial charge in [0.15, 0.2) is 4.77 Å². The minimum atomic E-state index is -0.201. The van der Waals surface area contributed by atoms with E-state index in [4.69, 9.17) is 23.8 Å². The van der Waals surface area contributed by atoms with Crippen LogP contribution >= 0.6 is 23.8 Å². The van der Waals surface area contributed by atoms with Crippen molar-refractivity contribution in [2.75, 3.05) is 19.6 Å². The van der Waals surface area contributed by atoms with Crippen LogP contribution in [-0.4, -0.2) is 40.0 Å². The van der Waals surface area contributed by atoms with Gasteiger partial charge in [-0.15, -0.1) is 0 Å². The van der Waals surface area contributed by atoms with Gasteiger partial charge in [0.25, 0.3) is 11.5 Å². The average Bonchev–Trinajstić information content (AvgIpc) is 3.27. The van der Waals surface area contributed by atoms with Gasteiger partial charge in [0.2, 0.25) is 0 Å². The maximum Gasteiger partial charge on any atom is 0.261 e. The van der Waals surface area contributed by atoms with Gasteiger partial charge in [-0.2, -0.15) is 0 Å². The molecule has 0 spiro atoms. The predicted octanol–water partition coefficient (Wildman–Crippen LogP) is 3.82. The highest BCUT2D eigenvalue weighted by Crippen LogP contribution is 2.29. The number of carbonyl (C=O) groups excluding carboxylic acids is 1. The summed E-state index contributed by atoms with van der Waals surface area (Å²) in [6.45, 7) is 2.43. The smallest absolute Gasteiger partial charge is 0.261 e. The van der Waals surface area contributed by atoms with Crippen molar-refractivity contribution in [3.8, 4) is 0 Å². The van der Waals surface area contributed by atoms with Crippen LogP contribution in [0.1, 0.15) is 34.8 Å². The molecule has 156 valence electrons. The van der Waals surface area contributed by atoms with Crippen molar-refractivity contribution in [3.63, 3.8) is 0 Å². The van der Waals surface area contributed by atoms with Gasteiger partial charge in [0, 0.05) is 24.2 Å². The number of H-pyrrole nitrogens is 1. The normalized spacial score (nSPS) is 15.4. The van der Waals surface area contributed by atoms with Crippen molar-refractivity contribution >= 4 is 40.6 Å². The number of rotatable bonds is 5. The number of likely N-dealkylation sites (tertiary alicyclic amines) is 1. The van der Waals surface area contributed by atoms with E-state index in [1.54, 1.807) is 25.2 Å². The van der Waals surface area contributed by atoms with Gasteiger partial charge in [-0.25, -0.2) is 0 Å². The molecule has 1 fully saturated rings. The molecule has 0 bridgehead atoms. The summed E-state index contributed by atoms with van der Waals surface area (Å²) in [4.78, 5) is 30.6. The number of carbonyl (C=O) groups is 1. The number of amides is 1. The molecule has 1 aromatic heterocycles. The third-order valence-corrected chi connectivity index (χ3v) is 6.38. The van der Waals surface area contributed by atoms with E-state index < -0.39 is 0 Å². The lowest BCUT2D eigenvalue weighted by Crippen LogP contribution is -2.37. The van der Waals surface area contributed by atoms with Crippen LogP contribution in [0.3, 0.4) is 0 Å². The van der Waals surface area contributed by atoms with Crippen molar-refractivity contribution in [2.45, 2.75) is 18.9 Å². The van der Waals surface area contributed by atoms with Crippen LogP contribution in [0.5, 0.6) is 0 Å². The van der Waals surface area contributed by atoms with Crippen molar-refractivity contribution in [2.24, 2.45) is 7.05 Å². The van der Waals surface area contributed by atoms with Crippen molar-refractivity contribution in [1.29, 1.82) is 0 Å². The number of aromatic nitrogens is 2. The lowest BCUT2D eigenvalue weighted by molar-refractivity contribution is 0.0938. The number of nitrogens with one attached hydrogen (secondary N) is 2. The highest BCUT2D eigenvalue weighted by molar-refractivity contribution is 7.71. The number of hydrogen-bond acceptors (Lipinski definition) is 4. The summed E-state index contributed by atoms with van der Waals surface area (Å²) in [6.07, 6.45) is 2.29. The Morgan fingerprint density at radius 2 is 1.97 bits per heavy atom. The molecule has 4 rings (SSSR count). The van der Waals surface area contributed by atoms with E-state index in [0.29, 0.717) is 32.8 Å². The molecule has 1 amide bonds. The Morgan fingerprint density at radius 1 is 1.23 bits per heavy atom. The molecule has 1 unspecified atom stereocenters. The summed E-state index contributed by atoms with van der Waals surface area (Å²) >= 11 is 11.6. The topological polar surface area (TPSA) is 70.1 Å². The molecule has 6 nitrogen and oxygen atoms in total. The van der Waals surface area contributed by atoms with Gasteiger partial charge in [-0.05, 0) is 68.0 Å². The van der Waals surface area contributed by atoms with Gasteiger partial charge in [0.1, 0.15) is 0 Å². The number of fused-ring (bicyclic) bond motifs is 1. The fraction of sp³-hybridized carbons (Fsp3) is 0.318. The zero-order valence-electron chi connectivity index (χ0n) is 16.7. The Hall–Kier alpha value is -2.48. The number of hydrogen-bond donors (Lipinski definition) is 2. The molecule has 0 saturated carbocycles. The minimum Gasteiger partial charge on any atom is -0.350 e. The maximum atomic E-state index is 12.9. The Kier molecular flexibility index (Phi) is 6.04. The summed E-state index contributed by atoms with van der Waals surface area (Å²) in [6, 6.07) is 12.8. The first-order valence-corrected chi connectivity index (χ1v) is 10.7. The van der Waals surface area contributed by atoms with E-state index in [1.807, 2.05) is 24.3 Å². The average molecular weight is 443 g/mol. The van der Waals surface area contributed by atoms with Gasteiger partial charge in [0.05, 0.1) is 16.9 Å². The standard InChI is InChI=1S/C22H23ClN4O2S/c1-26-21(29)16-9-8-14(12-18(16)25-22(26)30)20(28)24-13-19(27-10-4-5-11-27)15-6-2-3-7-17(15)23/h2-3,6-9,12,19H,4-5,10-11,13H2,1H3,(H,24,28)(H,25,30). The molecule has 8 heteroatoms. The molecular formula is C22H23ClN4O2S. The van der Waals surface area contributed by atoms with E-state index in [-0.39, 0.29) is 17.5 Å². The molecule has 1 saturated heterocycles. The first kappa shape index (κ1) is 20.8. The van der Waals surface area contributed by atoms with Crippen LogP contribution in [-0.2, 0) is 7.05 Å². The van der Waals surface area contributed by atoms with Gasteiger partial charge < -0.3 is 10.3 Å². The Balaban J connectivity index is 1.58. The number of benzene rings is 2. The van der Waals surface area contributed by atoms with E-state index in [2.05, 4.69) is 15.2 Å². The zero-order valence-corrected chi connectivity index (χ0v) is 18.2. The summed E-state index contributed by atoms with van der Waals surface area (Å²) in [5, 5.41) is 4.24. The van der Waals surface area contributed by atoms with Gasteiger partial charge >= 0.3 is 0 Å². The number of aromatic amines is 1. The first-order valence-electron chi connectivity index (χ1n) is 9.95. The van der Waals surface area contributed by atoms with Crippen LogP contribution in [0.2, 0.25) is 5.02 Å². The molecule has 2 aromatic carbocycles. The maximum absolute atomic E-state index is 12.9. The first-order chi connectivity index (χ1) is 14.5. The highest BCUT2D eigenvalue weighted by atomic mass is 35.5. The van der Waals surface area contributed by atoms with Gasteiger partial charge in [-0.3, -0.25) is 19.1 Å². The molecule has 30 heavy (non-hydrogen) atoms. The lowest BCUT2D eigenvalue weighted by Gasteiger charge is -2.29. The Morgan fingerprint density at radius 3 is 2.70 bits per heavy atom. The highest BCUT2D eigenvalue weighted by Gasteiger charge is 2.25. The molecule has 0 aliphatic carbocycles. The Labute approximate surface area is 184 Å². The monoisotopic (exact) mass is 442 g/mol. The predicted molar refractivity (Wildman–Crippen MR) is 122 cm³/mol. The molecule has 1 aliphatic heterocycles. The van der Waals surface area contributed by atoms with Crippen LogP contribution in [0.4, 0.5) is 0 Å². The van der Waals surface area contributed by atoms with Crippen molar-refractivity contribution in [3.05, 3.63) is 73.7 Å². The number of nitrogens with zero attached hydrogens (tertiary/aromatic N) is 2. The SMILES string of the molecule is Cn1c(=S)[nH]c2cc(C(=O)NCC(c3ccccc3Cl)N3CCCC3)ccc2c1=O. The second kappa shape index (κ2) is 8.71. The third kappa shape index (κ3) is 4.05. The second-order valence-electron chi connectivity index (χ2n) is 7.55. The van der Waals surface area contributed by atoms with E-state index in [1.165, 1.54) is 4.57 Å². The molecule has 0 radical (unpaired) electrons. The van der Waals surface area contributed by atoms with Crippen LogP contribution in [0.15, 0.2) is 47.3 Å². The van der Waals surface area contributed by atoms with E-state index in [0.717, 1.165) is 31.5 Å². The third-order valence-electron chi connectivity index (χ3n) is 5.66. The van der Waals surface area contributed by atoms with Crippen molar-refractivity contribution in [1.82, 2.24) is 19.8 Å². The summed E-state index contributed by atoms with van der Waals surface area (Å²) < 4.78 is 1.69. The zero-order chi connectivity index (χ0) is 21.3. The van der Waals surface area contributed by atoms with Gasteiger partial charge in [-0.1, -0.05) is 29.8 Å². The Bertz CT molecular complexity index is 1210. The molecule has 1 atom stereocenters. The lowest BCUT2D eigenvalue weighted by atomic mass is 10.0. The quantitative estimate of drug-likeness (QED) is 0.589. The molecule has 2 N–H and O–H groups in total. The minimum absolute atomic E-state index is 0.0173. The van der Waals surface area contributed by atoms with Crippen molar-refractivity contribution < 1.29 is 4.79 Å². The molecular weight excluding hydrogens is 420 g/mol. The van der Waals surface area contributed by atoms with Crippen LogP contribution < -0.4 is 10.9 Å². The fourth-order valence-corrected chi connectivity index (χ4v) is 4.43. The van der Waals surface area contributed by atoms with E-state index in [9.17, 15) is 9.59 Å². The summed E-state index contributed by atoms with van der Waals surface area (Å²) in [7, 11) is 1.62. The molecule has 2 heterocycles. The van der Waals surface area contributed by atoms with Crippen LogP contribution in [0.25, 0.3) is 10.9 Å². The second-order valence-corrected chi connectivity index (χ2v) is 8.34. The number of halogens is 1.